The van der Waals surface area contributed by atoms with Gasteiger partial charge < -0.3 is 0 Å². The van der Waals surface area contributed by atoms with Crippen molar-refractivity contribution in [2.24, 2.45) is 11.3 Å². The molecule has 1 aliphatic carbocycles. The van der Waals surface area contributed by atoms with Crippen molar-refractivity contribution in [3.8, 4) is 0 Å². The van der Waals surface area contributed by atoms with Crippen LogP contribution in [0.25, 0.3) is 0 Å². The van der Waals surface area contributed by atoms with Gasteiger partial charge in [0.25, 0.3) is 0 Å². The van der Waals surface area contributed by atoms with Crippen LogP contribution in [0.3, 0.4) is 0 Å². The first-order valence-electron chi connectivity index (χ1n) is 5.05. The lowest BCUT2D eigenvalue weighted by Gasteiger charge is -2.30. The molecule has 0 radical (unpaired) electrons. The molecule has 0 amide bonds. The molecule has 0 heteroatoms. The monoisotopic (exact) mass is 176 g/mol. The fraction of sp³-hybridized carbons (Fsp3) is 0.538. The van der Waals surface area contributed by atoms with E-state index in [-0.39, 0.29) is 0 Å². The molecular weight excluding hydrogens is 156 g/mol. The Labute approximate surface area is 82.0 Å². The Kier molecular flexibility index (Phi) is 3.13. The van der Waals surface area contributed by atoms with Crippen LogP contribution in [0.4, 0.5) is 0 Å². The van der Waals surface area contributed by atoms with E-state index in [1.165, 1.54) is 12.0 Å². The Morgan fingerprint density at radius 3 is 2.62 bits per heavy atom. The number of hydrogen-bond acceptors (Lipinski definition) is 0. The zero-order valence-electron chi connectivity index (χ0n) is 9.17. The highest BCUT2D eigenvalue weighted by atomic mass is 14.3. The Balaban J connectivity index is 2.71. The molecule has 1 aliphatic rings. The SMILES string of the molecule is CC=CC(C)(C)C1C=CC(C)=CC1. The number of rotatable bonds is 2. The van der Waals surface area contributed by atoms with Crippen LogP contribution < -0.4 is 0 Å². The van der Waals surface area contributed by atoms with Gasteiger partial charge in [-0.05, 0) is 31.6 Å². The summed E-state index contributed by atoms with van der Waals surface area (Å²) >= 11 is 0. The second kappa shape index (κ2) is 3.95. The van der Waals surface area contributed by atoms with Crippen LogP contribution in [0.1, 0.15) is 34.1 Å². The van der Waals surface area contributed by atoms with Crippen LogP contribution in [-0.2, 0) is 0 Å². The van der Waals surface area contributed by atoms with E-state index >= 15 is 0 Å². The molecule has 0 N–H and O–H groups in total. The normalized spacial score (nSPS) is 23.7. The summed E-state index contributed by atoms with van der Waals surface area (Å²) in [6.45, 7) is 8.86. The van der Waals surface area contributed by atoms with E-state index in [2.05, 4.69) is 58.1 Å². The van der Waals surface area contributed by atoms with Gasteiger partial charge in [-0.2, -0.15) is 0 Å². The molecule has 0 aromatic rings. The molecular formula is C13H20. The minimum absolute atomic E-state index is 0.294. The smallest absolute Gasteiger partial charge is 0.0109 e. The molecule has 1 rings (SSSR count). The largest absolute Gasteiger partial charge is 0.0911 e. The molecule has 0 bridgehead atoms. The van der Waals surface area contributed by atoms with Crippen molar-refractivity contribution < 1.29 is 0 Å². The van der Waals surface area contributed by atoms with Crippen molar-refractivity contribution in [2.45, 2.75) is 34.1 Å². The molecule has 0 spiro atoms. The number of hydrogen-bond donors (Lipinski definition) is 0. The summed E-state index contributed by atoms with van der Waals surface area (Å²) in [6.07, 6.45) is 12.5. The predicted molar refractivity (Wildman–Crippen MR) is 59.6 cm³/mol. The highest BCUT2D eigenvalue weighted by Crippen LogP contribution is 2.34. The minimum Gasteiger partial charge on any atom is -0.0911 e. The quantitative estimate of drug-likeness (QED) is 0.555. The van der Waals surface area contributed by atoms with E-state index in [1.807, 2.05) is 0 Å². The van der Waals surface area contributed by atoms with Crippen molar-refractivity contribution in [3.63, 3.8) is 0 Å². The summed E-state index contributed by atoms with van der Waals surface area (Å²) in [6, 6.07) is 0. The molecule has 72 valence electrons. The maximum atomic E-state index is 2.34. The fourth-order valence-electron chi connectivity index (χ4n) is 1.83. The molecule has 0 nitrogen and oxygen atoms in total. The maximum Gasteiger partial charge on any atom is -0.0109 e. The fourth-order valence-corrected chi connectivity index (χ4v) is 1.83. The Morgan fingerprint density at radius 1 is 1.46 bits per heavy atom. The summed E-state index contributed by atoms with van der Waals surface area (Å²) in [5, 5.41) is 0. The summed E-state index contributed by atoms with van der Waals surface area (Å²) in [5.74, 6) is 0.660. The van der Waals surface area contributed by atoms with Crippen LogP contribution >= 0.6 is 0 Å². The topological polar surface area (TPSA) is 0 Å². The molecule has 0 aromatic carbocycles. The third kappa shape index (κ3) is 2.58. The molecule has 0 saturated heterocycles. The van der Waals surface area contributed by atoms with E-state index < -0.39 is 0 Å². The summed E-state index contributed by atoms with van der Waals surface area (Å²) in [7, 11) is 0. The van der Waals surface area contributed by atoms with Gasteiger partial charge >= 0.3 is 0 Å². The van der Waals surface area contributed by atoms with Crippen molar-refractivity contribution in [1.82, 2.24) is 0 Å². The van der Waals surface area contributed by atoms with Crippen molar-refractivity contribution >= 4 is 0 Å². The highest BCUT2D eigenvalue weighted by Gasteiger charge is 2.24. The lowest BCUT2D eigenvalue weighted by molar-refractivity contribution is 0.342. The molecule has 13 heavy (non-hydrogen) atoms. The Bertz CT molecular complexity index is 251. The van der Waals surface area contributed by atoms with E-state index in [9.17, 15) is 0 Å². The predicted octanol–water partition coefficient (Wildman–Crippen LogP) is 4.11. The molecule has 0 heterocycles. The van der Waals surface area contributed by atoms with Gasteiger partial charge in [-0.3, -0.25) is 0 Å². The summed E-state index contributed by atoms with van der Waals surface area (Å²) in [5.41, 5.74) is 1.69. The lowest BCUT2D eigenvalue weighted by atomic mass is 9.75. The van der Waals surface area contributed by atoms with Crippen LogP contribution in [-0.4, -0.2) is 0 Å². The lowest BCUT2D eigenvalue weighted by Crippen LogP contribution is -2.20. The average Bonchev–Trinajstić information content (AvgIpc) is 2.05. The Hall–Kier alpha value is -0.780. The van der Waals surface area contributed by atoms with Crippen LogP contribution in [0.15, 0.2) is 36.0 Å². The van der Waals surface area contributed by atoms with Gasteiger partial charge in [0.1, 0.15) is 0 Å². The molecule has 0 fully saturated rings. The number of allylic oxidation sites excluding steroid dienone is 6. The molecule has 1 atom stereocenters. The maximum absolute atomic E-state index is 2.34. The second-order valence-electron chi connectivity index (χ2n) is 4.47. The van der Waals surface area contributed by atoms with Gasteiger partial charge in [0.15, 0.2) is 0 Å². The third-order valence-corrected chi connectivity index (χ3v) is 2.84. The summed E-state index contributed by atoms with van der Waals surface area (Å²) < 4.78 is 0. The van der Waals surface area contributed by atoms with Crippen LogP contribution in [0.2, 0.25) is 0 Å². The van der Waals surface area contributed by atoms with E-state index in [0.29, 0.717) is 11.3 Å². The van der Waals surface area contributed by atoms with Crippen LogP contribution in [0, 0.1) is 11.3 Å². The van der Waals surface area contributed by atoms with Crippen molar-refractivity contribution in [2.75, 3.05) is 0 Å². The van der Waals surface area contributed by atoms with E-state index in [0.717, 1.165) is 0 Å². The van der Waals surface area contributed by atoms with Crippen LogP contribution in [0.5, 0.6) is 0 Å². The molecule has 1 unspecified atom stereocenters. The average molecular weight is 176 g/mol. The molecule has 0 aromatic heterocycles. The van der Waals surface area contributed by atoms with Gasteiger partial charge in [0.05, 0.1) is 0 Å². The zero-order valence-corrected chi connectivity index (χ0v) is 9.17. The molecule has 0 aliphatic heterocycles. The van der Waals surface area contributed by atoms with E-state index in [1.54, 1.807) is 0 Å². The highest BCUT2D eigenvalue weighted by molar-refractivity contribution is 5.23. The first-order valence-corrected chi connectivity index (χ1v) is 5.05. The van der Waals surface area contributed by atoms with E-state index in [4.69, 9.17) is 0 Å². The van der Waals surface area contributed by atoms with Gasteiger partial charge in [-0.15, -0.1) is 0 Å². The molecule has 0 saturated carbocycles. The van der Waals surface area contributed by atoms with Crippen molar-refractivity contribution in [3.05, 3.63) is 36.0 Å². The van der Waals surface area contributed by atoms with Gasteiger partial charge in [0, 0.05) is 0 Å². The first-order chi connectivity index (χ1) is 6.06. The Morgan fingerprint density at radius 2 is 2.15 bits per heavy atom. The first kappa shape index (κ1) is 10.3. The van der Waals surface area contributed by atoms with Crippen molar-refractivity contribution in [1.29, 1.82) is 0 Å². The second-order valence-corrected chi connectivity index (χ2v) is 4.47. The van der Waals surface area contributed by atoms with Gasteiger partial charge in [-0.1, -0.05) is 49.8 Å². The van der Waals surface area contributed by atoms with Gasteiger partial charge in [-0.25, -0.2) is 0 Å². The minimum atomic E-state index is 0.294. The van der Waals surface area contributed by atoms with Gasteiger partial charge in [0.2, 0.25) is 0 Å². The summed E-state index contributed by atoms with van der Waals surface area (Å²) in [4.78, 5) is 0. The zero-order chi connectivity index (χ0) is 9.90. The third-order valence-electron chi connectivity index (χ3n) is 2.84. The standard InChI is InChI=1S/C13H20/c1-5-10-13(3,4)12-8-6-11(2)7-9-12/h5-8,10,12H,9H2,1-4H3.